The standard InChI is InChI=1S/C16H20N4O/c1-16(2,3)10-20-15(21)11-6-7-18-13(8-11)12-4-5-14(17)19-9-12/h4-9H,10H2,1-3H3,(H2,17,19)(H,20,21). The van der Waals surface area contributed by atoms with E-state index in [-0.39, 0.29) is 11.3 Å². The minimum Gasteiger partial charge on any atom is -0.384 e. The SMILES string of the molecule is CC(C)(C)CNC(=O)c1ccnc(-c2ccc(N)nc2)c1. The number of carbonyl (C=O) groups excluding carboxylic acids is 1. The Labute approximate surface area is 124 Å². The summed E-state index contributed by atoms with van der Waals surface area (Å²) in [6.45, 7) is 6.84. The van der Waals surface area contributed by atoms with Gasteiger partial charge in [0.15, 0.2) is 0 Å². The Balaban J connectivity index is 2.17. The molecule has 21 heavy (non-hydrogen) atoms. The van der Waals surface area contributed by atoms with Gasteiger partial charge in [0.05, 0.1) is 5.69 Å². The summed E-state index contributed by atoms with van der Waals surface area (Å²) in [6.07, 6.45) is 3.27. The summed E-state index contributed by atoms with van der Waals surface area (Å²) in [5.41, 5.74) is 7.73. The molecular weight excluding hydrogens is 264 g/mol. The molecule has 0 bridgehead atoms. The first-order valence-corrected chi connectivity index (χ1v) is 6.81. The van der Waals surface area contributed by atoms with Gasteiger partial charge in [-0.1, -0.05) is 20.8 Å². The van der Waals surface area contributed by atoms with Gasteiger partial charge in [-0.15, -0.1) is 0 Å². The van der Waals surface area contributed by atoms with E-state index in [9.17, 15) is 4.79 Å². The highest BCUT2D eigenvalue weighted by atomic mass is 16.1. The lowest BCUT2D eigenvalue weighted by Crippen LogP contribution is -2.32. The number of nitrogens with one attached hydrogen (secondary N) is 1. The second-order valence-corrected chi connectivity index (χ2v) is 6.14. The van der Waals surface area contributed by atoms with Crippen molar-refractivity contribution in [2.45, 2.75) is 20.8 Å². The number of carbonyl (C=O) groups is 1. The first-order chi connectivity index (χ1) is 9.85. The summed E-state index contributed by atoms with van der Waals surface area (Å²) >= 11 is 0. The molecule has 2 heterocycles. The average Bonchev–Trinajstić information content (AvgIpc) is 2.45. The lowest BCUT2D eigenvalue weighted by Gasteiger charge is -2.18. The smallest absolute Gasteiger partial charge is 0.251 e. The van der Waals surface area contributed by atoms with Crippen LogP contribution in [0, 0.1) is 5.41 Å². The van der Waals surface area contributed by atoms with Gasteiger partial charge in [-0.05, 0) is 29.7 Å². The van der Waals surface area contributed by atoms with Crippen molar-refractivity contribution in [2.24, 2.45) is 5.41 Å². The fraction of sp³-hybridized carbons (Fsp3) is 0.312. The van der Waals surface area contributed by atoms with Crippen molar-refractivity contribution >= 4 is 11.7 Å². The van der Waals surface area contributed by atoms with Crippen molar-refractivity contribution in [3.8, 4) is 11.3 Å². The van der Waals surface area contributed by atoms with Crippen LogP contribution in [0.15, 0.2) is 36.7 Å². The van der Waals surface area contributed by atoms with Crippen LogP contribution in [0.25, 0.3) is 11.3 Å². The molecule has 0 unspecified atom stereocenters. The van der Waals surface area contributed by atoms with E-state index in [2.05, 4.69) is 36.1 Å². The van der Waals surface area contributed by atoms with E-state index in [1.165, 1.54) is 0 Å². The van der Waals surface area contributed by atoms with Gasteiger partial charge in [-0.25, -0.2) is 4.98 Å². The molecule has 0 spiro atoms. The van der Waals surface area contributed by atoms with Gasteiger partial charge in [0.1, 0.15) is 5.82 Å². The maximum absolute atomic E-state index is 12.2. The molecular formula is C16H20N4O. The molecule has 1 amide bonds. The Kier molecular flexibility index (Phi) is 4.21. The van der Waals surface area contributed by atoms with Crippen LogP contribution in [-0.4, -0.2) is 22.4 Å². The summed E-state index contributed by atoms with van der Waals surface area (Å²) in [5.74, 6) is 0.356. The maximum Gasteiger partial charge on any atom is 0.251 e. The van der Waals surface area contributed by atoms with Gasteiger partial charge in [0.25, 0.3) is 5.91 Å². The summed E-state index contributed by atoms with van der Waals surface area (Å²) in [7, 11) is 0. The van der Waals surface area contributed by atoms with Gasteiger partial charge in [0.2, 0.25) is 0 Å². The molecule has 110 valence electrons. The van der Waals surface area contributed by atoms with Gasteiger partial charge in [-0.2, -0.15) is 0 Å². The molecule has 2 aromatic heterocycles. The Hall–Kier alpha value is -2.43. The Bertz CT molecular complexity index is 629. The molecule has 0 radical (unpaired) electrons. The average molecular weight is 284 g/mol. The van der Waals surface area contributed by atoms with Gasteiger partial charge >= 0.3 is 0 Å². The zero-order valence-electron chi connectivity index (χ0n) is 12.6. The summed E-state index contributed by atoms with van der Waals surface area (Å²) in [6, 6.07) is 7.00. The molecule has 0 aromatic carbocycles. The molecule has 0 aliphatic carbocycles. The zero-order valence-corrected chi connectivity index (χ0v) is 12.6. The van der Waals surface area contributed by atoms with Crippen LogP contribution in [0.3, 0.4) is 0 Å². The Morgan fingerprint density at radius 2 is 2.00 bits per heavy atom. The van der Waals surface area contributed by atoms with Crippen LogP contribution >= 0.6 is 0 Å². The van der Waals surface area contributed by atoms with Gasteiger partial charge in [-0.3, -0.25) is 9.78 Å². The van der Waals surface area contributed by atoms with Crippen molar-refractivity contribution in [2.75, 3.05) is 12.3 Å². The predicted molar refractivity (Wildman–Crippen MR) is 83.7 cm³/mol. The Morgan fingerprint density at radius 3 is 2.62 bits per heavy atom. The number of hydrogen-bond donors (Lipinski definition) is 2. The van der Waals surface area contributed by atoms with Crippen molar-refractivity contribution in [1.29, 1.82) is 0 Å². The van der Waals surface area contributed by atoms with E-state index < -0.39 is 0 Å². The maximum atomic E-state index is 12.2. The quantitative estimate of drug-likeness (QED) is 0.907. The molecule has 2 aromatic rings. The topological polar surface area (TPSA) is 80.9 Å². The monoisotopic (exact) mass is 284 g/mol. The number of anilines is 1. The summed E-state index contributed by atoms with van der Waals surface area (Å²) < 4.78 is 0. The molecule has 2 rings (SSSR count). The number of nitrogens with zero attached hydrogens (tertiary/aromatic N) is 2. The van der Waals surface area contributed by atoms with Gasteiger partial charge < -0.3 is 11.1 Å². The number of amides is 1. The van der Waals surface area contributed by atoms with E-state index in [1.54, 1.807) is 30.6 Å². The van der Waals surface area contributed by atoms with Crippen LogP contribution in [0.1, 0.15) is 31.1 Å². The van der Waals surface area contributed by atoms with E-state index in [0.29, 0.717) is 23.6 Å². The van der Waals surface area contributed by atoms with Crippen molar-refractivity contribution < 1.29 is 4.79 Å². The highest BCUT2D eigenvalue weighted by Gasteiger charge is 2.13. The fourth-order valence-corrected chi connectivity index (χ4v) is 1.73. The number of hydrogen-bond acceptors (Lipinski definition) is 4. The van der Waals surface area contributed by atoms with E-state index in [4.69, 9.17) is 5.73 Å². The zero-order chi connectivity index (χ0) is 15.5. The molecule has 3 N–H and O–H groups in total. The predicted octanol–water partition coefficient (Wildman–Crippen LogP) is 2.50. The molecule has 0 fully saturated rings. The summed E-state index contributed by atoms with van der Waals surface area (Å²) in [5, 5.41) is 2.92. The Morgan fingerprint density at radius 1 is 1.24 bits per heavy atom. The second kappa shape index (κ2) is 5.91. The van der Waals surface area contributed by atoms with Crippen LogP contribution in [0.5, 0.6) is 0 Å². The number of pyridine rings is 2. The minimum atomic E-state index is -0.100. The lowest BCUT2D eigenvalue weighted by molar-refractivity contribution is 0.0939. The molecule has 0 aliphatic rings. The third-order valence-corrected chi connectivity index (χ3v) is 2.88. The molecule has 0 atom stereocenters. The van der Waals surface area contributed by atoms with E-state index >= 15 is 0 Å². The fourth-order valence-electron chi connectivity index (χ4n) is 1.73. The van der Waals surface area contributed by atoms with Crippen molar-refractivity contribution in [3.05, 3.63) is 42.2 Å². The highest BCUT2D eigenvalue weighted by Crippen LogP contribution is 2.18. The molecule has 5 nitrogen and oxygen atoms in total. The first kappa shape index (κ1) is 15.0. The van der Waals surface area contributed by atoms with Crippen LogP contribution in [0.4, 0.5) is 5.82 Å². The number of nitrogen functional groups attached to an aromatic ring is 1. The van der Waals surface area contributed by atoms with E-state index in [0.717, 1.165) is 5.56 Å². The third-order valence-electron chi connectivity index (χ3n) is 2.88. The number of aromatic nitrogens is 2. The normalized spacial score (nSPS) is 11.2. The molecule has 0 aliphatic heterocycles. The van der Waals surface area contributed by atoms with Crippen molar-refractivity contribution in [3.63, 3.8) is 0 Å². The highest BCUT2D eigenvalue weighted by molar-refractivity contribution is 5.95. The molecule has 0 saturated carbocycles. The van der Waals surface area contributed by atoms with E-state index in [1.807, 2.05) is 6.07 Å². The lowest BCUT2D eigenvalue weighted by atomic mass is 9.97. The number of rotatable bonds is 3. The number of nitrogens with two attached hydrogens (primary N) is 1. The van der Waals surface area contributed by atoms with Crippen LogP contribution in [0.2, 0.25) is 0 Å². The van der Waals surface area contributed by atoms with Crippen LogP contribution in [-0.2, 0) is 0 Å². The van der Waals surface area contributed by atoms with Crippen LogP contribution < -0.4 is 11.1 Å². The molecule has 0 saturated heterocycles. The van der Waals surface area contributed by atoms with Gasteiger partial charge in [0, 0.05) is 30.1 Å². The third kappa shape index (κ3) is 4.27. The second-order valence-electron chi connectivity index (χ2n) is 6.14. The van der Waals surface area contributed by atoms with Crippen molar-refractivity contribution in [1.82, 2.24) is 15.3 Å². The summed E-state index contributed by atoms with van der Waals surface area (Å²) in [4.78, 5) is 20.5. The minimum absolute atomic E-state index is 0.0480. The molecule has 5 heteroatoms. The first-order valence-electron chi connectivity index (χ1n) is 6.81. The largest absolute Gasteiger partial charge is 0.384 e.